The van der Waals surface area contributed by atoms with E-state index in [0.29, 0.717) is 5.82 Å². The molecule has 0 aliphatic heterocycles. The van der Waals surface area contributed by atoms with Gasteiger partial charge in [0.25, 0.3) is 0 Å². The predicted molar refractivity (Wildman–Crippen MR) is 264 cm³/mol. The molecule has 8 aromatic carbocycles. The smallest absolute Gasteiger partial charge is 0.160 e. The Morgan fingerprint density at radius 2 is 0.484 bits per heavy atom. The van der Waals surface area contributed by atoms with Gasteiger partial charge in [-0.1, -0.05) is 206 Å². The number of benzene rings is 8. The molecule has 0 unspecified atom stereocenters. The van der Waals surface area contributed by atoms with Gasteiger partial charge in [-0.05, 0) is 69.4 Å². The molecule has 0 radical (unpaired) electrons. The van der Waals surface area contributed by atoms with Gasteiger partial charge < -0.3 is 0 Å². The lowest BCUT2D eigenvalue weighted by Crippen LogP contribution is -1.96. The maximum absolute atomic E-state index is 5.25. The number of pyridine rings is 2. The summed E-state index contributed by atoms with van der Waals surface area (Å²) in [5, 5.41) is 2.36. The number of nitrogens with zero attached hydrogens (tertiary/aromatic N) is 4. The van der Waals surface area contributed by atoms with Gasteiger partial charge in [0.05, 0.1) is 34.2 Å². The molecule has 0 N–H and O–H groups in total. The number of aromatic nitrogens is 4. The van der Waals surface area contributed by atoms with Crippen molar-refractivity contribution in [2.75, 3.05) is 0 Å². The topological polar surface area (TPSA) is 51.6 Å². The molecule has 4 nitrogen and oxygen atoms in total. The molecular formula is C60H40N4. The third-order valence-electron chi connectivity index (χ3n) is 11.7. The van der Waals surface area contributed by atoms with Crippen LogP contribution in [0.15, 0.2) is 243 Å². The number of hydrogen-bond donors (Lipinski definition) is 0. The summed E-state index contributed by atoms with van der Waals surface area (Å²) in [6, 6.07) is 84.5. The van der Waals surface area contributed by atoms with Crippen LogP contribution in [0.2, 0.25) is 0 Å². The van der Waals surface area contributed by atoms with E-state index in [9.17, 15) is 0 Å². The first kappa shape index (κ1) is 38.3. The Hall–Kier alpha value is -8.60. The molecule has 0 fully saturated rings. The van der Waals surface area contributed by atoms with Gasteiger partial charge in [-0.15, -0.1) is 0 Å². The van der Waals surface area contributed by atoms with Gasteiger partial charge in [0, 0.05) is 38.9 Å². The van der Waals surface area contributed by atoms with Crippen molar-refractivity contribution in [2.24, 2.45) is 0 Å². The van der Waals surface area contributed by atoms with Crippen LogP contribution >= 0.6 is 0 Å². The fourth-order valence-corrected chi connectivity index (χ4v) is 8.29. The van der Waals surface area contributed by atoms with Crippen molar-refractivity contribution < 1.29 is 0 Å². The molecule has 0 bridgehead atoms. The molecule has 300 valence electrons. The van der Waals surface area contributed by atoms with E-state index in [2.05, 4.69) is 218 Å². The minimum absolute atomic E-state index is 0.662. The van der Waals surface area contributed by atoms with Crippen LogP contribution in [0.1, 0.15) is 0 Å². The van der Waals surface area contributed by atoms with Crippen LogP contribution in [0.3, 0.4) is 0 Å². The van der Waals surface area contributed by atoms with Gasteiger partial charge >= 0.3 is 0 Å². The molecule has 4 heteroatoms. The van der Waals surface area contributed by atoms with Crippen LogP contribution in [0.5, 0.6) is 0 Å². The number of fused-ring (bicyclic) bond motifs is 1. The van der Waals surface area contributed by atoms with E-state index in [-0.39, 0.29) is 0 Å². The van der Waals surface area contributed by atoms with E-state index in [4.69, 9.17) is 19.9 Å². The highest BCUT2D eigenvalue weighted by atomic mass is 14.9. The first-order valence-electron chi connectivity index (χ1n) is 21.5. The third kappa shape index (κ3) is 8.00. The highest BCUT2D eigenvalue weighted by molar-refractivity contribution is 5.88. The molecule has 0 amide bonds. The second-order valence-corrected chi connectivity index (χ2v) is 15.9. The van der Waals surface area contributed by atoms with E-state index in [0.717, 1.165) is 95.4 Å². The Morgan fingerprint density at radius 1 is 0.172 bits per heavy atom. The standard InChI is InChI=1S/C60H40N4/c1-5-16-44(17-6-1)54-36-52(37-55(61-54)45-18-7-2-8-19-45)42-25-30-48(31-26-42)58-40-59(51-34-29-41-15-13-14-24-50(41)35-51)64-60(63-58)49-32-27-43(28-33-49)53-38-56(46-20-9-3-10-21-46)62-57(39-53)47-22-11-4-12-23-47/h1-40H. The van der Waals surface area contributed by atoms with E-state index < -0.39 is 0 Å². The molecule has 11 rings (SSSR count). The zero-order valence-corrected chi connectivity index (χ0v) is 34.9. The van der Waals surface area contributed by atoms with Crippen LogP contribution in [-0.4, -0.2) is 19.9 Å². The second kappa shape index (κ2) is 17.0. The fraction of sp³-hybridized carbons (Fsp3) is 0. The Kier molecular flexibility index (Phi) is 10.2. The minimum atomic E-state index is 0.662. The SMILES string of the molecule is c1ccc(-c2cc(-c3ccc(-c4cc(-c5ccc6ccccc6c5)nc(-c5ccc(-c6cc(-c7ccccc7)nc(-c7ccccc7)c6)cc5)n4)cc3)cc(-c3ccccc3)n2)cc1. The van der Waals surface area contributed by atoms with Crippen molar-refractivity contribution in [3.8, 4) is 101 Å². The molecule has 0 saturated carbocycles. The minimum Gasteiger partial charge on any atom is -0.248 e. The van der Waals surface area contributed by atoms with Crippen molar-refractivity contribution in [2.45, 2.75) is 0 Å². The second-order valence-electron chi connectivity index (χ2n) is 15.9. The van der Waals surface area contributed by atoms with Crippen molar-refractivity contribution in [1.29, 1.82) is 0 Å². The van der Waals surface area contributed by atoms with Crippen molar-refractivity contribution in [1.82, 2.24) is 19.9 Å². The summed E-state index contributed by atoms with van der Waals surface area (Å²) in [4.78, 5) is 20.7. The Labute approximate surface area is 373 Å². The van der Waals surface area contributed by atoms with Crippen molar-refractivity contribution in [3.05, 3.63) is 243 Å². The molecule has 3 aromatic heterocycles. The zero-order chi connectivity index (χ0) is 42.7. The fourth-order valence-electron chi connectivity index (χ4n) is 8.29. The summed E-state index contributed by atoms with van der Waals surface area (Å²) in [5.41, 5.74) is 17.1. The lowest BCUT2D eigenvalue weighted by Gasteiger charge is -2.13. The average Bonchev–Trinajstić information content (AvgIpc) is 3.39. The van der Waals surface area contributed by atoms with Gasteiger partial charge in [0.1, 0.15) is 0 Å². The van der Waals surface area contributed by atoms with Crippen LogP contribution in [0.4, 0.5) is 0 Å². The summed E-state index contributed by atoms with van der Waals surface area (Å²) in [6.45, 7) is 0. The van der Waals surface area contributed by atoms with Crippen LogP contribution < -0.4 is 0 Å². The monoisotopic (exact) mass is 816 g/mol. The molecule has 0 aliphatic carbocycles. The van der Waals surface area contributed by atoms with Gasteiger partial charge in [-0.2, -0.15) is 0 Å². The van der Waals surface area contributed by atoms with Crippen molar-refractivity contribution in [3.63, 3.8) is 0 Å². The highest BCUT2D eigenvalue weighted by Crippen LogP contribution is 2.35. The molecule has 0 atom stereocenters. The normalized spacial score (nSPS) is 11.1. The van der Waals surface area contributed by atoms with E-state index in [1.165, 1.54) is 10.8 Å². The summed E-state index contributed by atoms with van der Waals surface area (Å²) in [7, 11) is 0. The van der Waals surface area contributed by atoms with E-state index in [1.807, 2.05) is 24.3 Å². The number of rotatable bonds is 9. The summed E-state index contributed by atoms with van der Waals surface area (Å²) < 4.78 is 0. The quantitative estimate of drug-likeness (QED) is 0.146. The zero-order valence-electron chi connectivity index (χ0n) is 34.9. The van der Waals surface area contributed by atoms with E-state index in [1.54, 1.807) is 0 Å². The molecule has 64 heavy (non-hydrogen) atoms. The summed E-state index contributed by atoms with van der Waals surface area (Å²) >= 11 is 0. The summed E-state index contributed by atoms with van der Waals surface area (Å²) in [6.07, 6.45) is 0. The van der Waals surface area contributed by atoms with Crippen LogP contribution in [0, 0.1) is 0 Å². The lowest BCUT2D eigenvalue weighted by molar-refractivity contribution is 1.18. The highest BCUT2D eigenvalue weighted by Gasteiger charge is 2.15. The molecule has 0 aliphatic rings. The Morgan fingerprint density at radius 3 is 0.922 bits per heavy atom. The summed E-state index contributed by atoms with van der Waals surface area (Å²) in [5.74, 6) is 0.662. The van der Waals surface area contributed by atoms with Gasteiger partial charge in [-0.25, -0.2) is 19.9 Å². The first-order valence-corrected chi connectivity index (χ1v) is 21.5. The molecular weight excluding hydrogens is 777 g/mol. The molecule has 0 saturated heterocycles. The van der Waals surface area contributed by atoms with Crippen LogP contribution in [0.25, 0.3) is 112 Å². The van der Waals surface area contributed by atoms with E-state index >= 15 is 0 Å². The Bertz CT molecular complexity index is 3080. The Balaban J connectivity index is 0.984. The van der Waals surface area contributed by atoms with Gasteiger partial charge in [0.15, 0.2) is 5.82 Å². The maximum Gasteiger partial charge on any atom is 0.160 e. The van der Waals surface area contributed by atoms with Crippen LogP contribution in [-0.2, 0) is 0 Å². The first-order chi connectivity index (χ1) is 31.7. The third-order valence-corrected chi connectivity index (χ3v) is 11.7. The molecule has 3 heterocycles. The molecule has 0 spiro atoms. The predicted octanol–water partition coefficient (Wildman–Crippen LogP) is 15.4. The maximum atomic E-state index is 5.25. The lowest BCUT2D eigenvalue weighted by atomic mass is 9.98. The average molecular weight is 817 g/mol. The number of hydrogen-bond acceptors (Lipinski definition) is 4. The van der Waals surface area contributed by atoms with Gasteiger partial charge in [-0.3, -0.25) is 0 Å². The largest absolute Gasteiger partial charge is 0.248 e. The molecule has 11 aromatic rings. The van der Waals surface area contributed by atoms with Crippen molar-refractivity contribution >= 4 is 10.8 Å². The van der Waals surface area contributed by atoms with Gasteiger partial charge in [0.2, 0.25) is 0 Å².